The molecule has 0 N–H and O–H groups in total. The van der Waals surface area contributed by atoms with Crippen molar-refractivity contribution in [3.8, 4) is 5.06 Å². The van der Waals surface area contributed by atoms with Crippen molar-refractivity contribution in [1.82, 2.24) is 0 Å². The number of thiophene rings is 2. The summed E-state index contributed by atoms with van der Waals surface area (Å²) in [5.74, 6) is 0. The Bertz CT molecular complexity index is 920. The lowest BCUT2D eigenvalue weighted by Crippen LogP contribution is -2.02. The van der Waals surface area contributed by atoms with E-state index >= 15 is 0 Å². The minimum absolute atomic E-state index is 0.0643. The van der Waals surface area contributed by atoms with Crippen LogP contribution in [0, 0.1) is 0 Å². The quantitative estimate of drug-likeness (QED) is 0.313. The highest BCUT2D eigenvalue weighted by atomic mass is 32.2. The normalized spacial score (nSPS) is 11.0. The van der Waals surface area contributed by atoms with Crippen molar-refractivity contribution in [2.24, 2.45) is 0 Å². The number of hydrogen-bond acceptors (Lipinski definition) is 4. The maximum absolute atomic E-state index is 5.30. The van der Waals surface area contributed by atoms with Crippen LogP contribution >= 0.6 is 34.4 Å². The molecule has 0 spiro atoms. The maximum Gasteiger partial charge on any atom is 0.221 e. The summed E-state index contributed by atoms with van der Waals surface area (Å²) in [5.41, 5.74) is 0. The van der Waals surface area contributed by atoms with Gasteiger partial charge in [-0.3, -0.25) is 0 Å². The van der Waals surface area contributed by atoms with Crippen molar-refractivity contribution in [3.63, 3.8) is 0 Å². The lowest BCUT2D eigenvalue weighted by atomic mass is 10.4. The lowest BCUT2D eigenvalue weighted by Gasteiger charge is -2.05. The molecule has 2 heterocycles. The van der Waals surface area contributed by atoms with E-state index in [0.29, 0.717) is 0 Å². The molecule has 5 heteroatoms. The zero-order valence-electron chi connectivity index (χ0n) is 14.1. The van der Waals surface area contributed by atoms with E-state index in [1.807, 2.05) is 29.2 Å². The molecule has 2 aromatic carbocycles. The zero-order chi connectivity index (χ0) is 17.8. The van der Waals surface area contributed by atoms with Gasteiger partial charge in [0.1, 0.15) is 10.9 Å². The van der Waals surface area contributed by atoms with E-state index in [-0.39, 0.29) is 10.9 Å². The fraction of sp³-hybridized carbons (Fsp3) is 0.0476. The molecule has 0 atom stereocenters. The molecule has 4 rings (SSSR count). The van der Waals surface area contributed by atoms with Crippen LogP contribution in [0.4, 0.5) is 0 Å². The summed E-state index contributed by atoms with van der Waals surface area (Å²) >= 11 is 5.39. The Hall–Kier alpha value is -1.66. The Kier molecular flexibility index (Phi) is 5.70. The van der Waals surface area contributed by atoms with E-state index < -0.39 is 0 Å². The number of hydrogen-bond donors (Lipinski definition) is 0. The molecular weight excluding hydrogens is 396 g/mol. The molecule has 4 aromatic rings. The fourth-order valence-corrected chi connectivity index (χ4v) is 8.69. The van der Waals surface area contributed by atoms with Gasteiger partial charge in [-0.05, 0) is 42.5 Å². The van der Waals surface area contributed by atoms with Gasteiger partial charge >= 0.3 is 0 Å². The number of benzene rings is 2. The van der Waals surface area contributed by atoms with Crippen LogP contribution in [0.5, 0.6) is 5.06 Å². The van der Waals surface area contributed by atoms with Crippen molar-refractivity contribution < 1.29 is 4.74 Å². The van der Waals surface area contributed by atoms with E-state index in [2.05, 4.69) is 78.9 Å². The standard InChI is InChI=1S/C21H17OS4/c1-22-18-12-13-19(23-18)24-20-14-15-21(25-20)26(16-8-4-2-5-9-16)17-10-6-3-7-11-17/h2-15H,1H3/q+1. The van der Waals surface area contributed by atoms with E-state index in [1.165, 1.54) is 22.4 Å². The van der Waals surface area contributed by atoms with Crippen LogP contribution in [0.15, 0.2) is 107 Å². The van der Waals surface area contributed by atoms with Gasteiger partial charge in [0.2, 0.25) is 4.21 Å². The Balaban J connectivity index is 1.65. The van der Waals surface area contributed by atoms with Crippen molar-refractivity contribution >= 4 is 45.3 Å². The molecule has 0 saturated carbocycles. The third-order valence-electron chi connectivity index (χ3n) is 3.67. The monoisotopic (exact) mass is 413 g/mol. The molecule has 0 saturated heterocycles. The van der Waals surface area contributed by atoms with Gasteiger partial charge in [0.15, 0.2) is 14.9 Å². The molecule has 0 aliphatic rings. The topological polar surface area (TPSA) is 9.23 Å². The molecule has 2 aromatic heterocycles. The third-order valence-corrected chi connectivity index (χ3v) is 9.64. The number of ether oxygens (including phenoxy) is 1. The Morgan fingerprint density at radius 2 is 1.27 bits per heavy atom. The summed E-state index contributed by atoms with van der Waals surface area (Å²) in [7, 11) is 1.65. The summed E-state index contributed by atoms with van der Waals surface area (Å²) in [5, 5.41) is 0.956. The molecule has 0 bridgehead atoms. The van der Waals surface area contributed by atoms with E-state index in [1.54, 1.807) is 18.4 Å². The molecule has 130 valence electrons. The number of methoxy groups -OCH3 is 1. The summed E-state index contributed by atoms with van der Waals surface area (Å²) in [6.07, 6.45) is 0. The first-order valence-corrected chi connectivity index (χ1v) is 11.8. The smallest absolute Gasteiger partial charge is 0.221 e. The first kappa shape index (κ1) is 17.7. The Labute approximate surface area is 169 Å². The highest BCUT2D eigenvalue weighted by Gasteiger charge is 2.30. The minimum atomic E-state index is -0.0643. The second-order valence-corrected chi connectivity index (χ2v) is 11.4. The third kappa shape index (κ3) is 4.01. The molecule has 0 fully saturated rings. The average molecular weight is 414 g/mol. The first-order chi connectivity index (χ1) is 12.8. The predicted molar refractivity (Wildman–Crippen MR) is 114 cm³/mol. The average Bonchev–Trinajstić information content (AvgIpc) is 3.34. The summed E-state index contributed by atoms with van der Waals surface area (Å²) < 4.78 is 9.27. The Morgan fingerprint density at radius 3 is 1.85 bits per heavy atom. The van der Waals surface area contributed by atoms with E-state index in [4.69, 9.17) is 4.74 Å². The molecule has 1 nitrogen and oxygen atoms in total. The SMILES string of the molecule is COc1ccc(Sc2ccc([S+](c3ccccc3)c3ccccc3)s2)s1. The zero-order valence-corrected chi connectivity index (χ0v) is 17.4. The van der Waals surface area contributed by atoms with Gasteiger partial charge in [-0.2, -0.15) is 0 Å². The van der Waals surface area contributed by atoms with Gasteiger partial charge in [0.25, 0.3) is 0 Å². The molecule has 0 unspecified atom stereocenters. The predicted octanol–water partition coefficient (Wildman–Crippen LogP) is 7.06. The van der Waals surface area contributed by atoms with Crippen LogP contribution < -0.4 is 4.74 Å². The fourth-order valence-electron chi connectivity index (χ4n) is 2.52. The largest absolute Gasteiger partial charge is 0.487 e. The highest BCUT2D eigenvalue weighted by molar-refractivity contribution is 8.04. The second-order valence-electron chi connectivity index (χ2n) is 5.39. The summed E-state index contributed by atoms with van der Waals surface area (Å²) in [6.45, 7) is 0. The minimum Gasteiger partial charge on any atom is -0.487 e. The van der Waals surface area contributed by atoms with Crippen LogP contribution in [0.2, 0.25) is 0 Å². The van der Waals surface area contributed by atoms with Crippen LogP contribution in [-0.2, 0) is 10.9 Å². The van der Waals surface area contributed by atoms with Crippen molar-refractivity contribution in [2.45, 2.75) is 22.4 Å². The first-order valence-electron chi connectivity index (χ1n) is 8.09. The van der Waals surface area contributed by atoms with Crippen LogP contribution in [0.1, 0.15) is 0 Å². The van der Waals surface area contributed by atoms with Gasteiger partial charge in [0.05, 0.1) is 15.5 Å². The molecule has 0 radical (unpaired) electrons. The molecular formula is C21H17OS4+. The van der Waals surface area contributed by atoms with Crippen LogP contribution in [0.3, 0.4) is 0 Å². The van der Waals surface area contributed by atoms with Crippen LogP contribution in [-0.4, -0.2) is 7.11 Å². The summed E-state index contributed by atoms with van der Waals surface area (Å²) in [4.78, 5) is 2.71. The highest BCUT2D eigenvalue weighted by Crippen LogP contribution is 2.43. The van der Waals surface area contributed by atoms with Gasteiger partial charge in [0, 0.05) is 6.07 Å². The van der Waals surface area contributed by atoms with Gasteiger partial charge in [-0.1, -0.05) is 70.8 Å². The lowest BCUT2D eigenvalue weighted by molar-refractivity contribution is 0.427. The van der Waals surface area contributed by atoms with E-state index in [9.17, 15) is 0 Å². The second kappa shape index (κ2) is 8.35. The number of rotatable bonds is 6. The molecule has 0 amide bonds. The molecule has 0 aliphatic heterocycles. The maximum atomic E-state index is 5.30. The van der Waals surface area contributed by atoms with Crippen molar-refractivity contribution in [3.05, 3.63) is 84.9 Å². The van der Waals surface area contributed by atoms with E-state index in [0.717, 1.165) is 5.06 Å². The van der Waals surface area contributed by atoms with Gasteiger partial charge in [-0.15, -0.1) is 0 Å². The van der Waals surface area contributed by atoms with Gasteiger partial charge in [-0.25, -0.2) is 0 Å². The van der Waals surface area contributed by atoms with Gasteiger partial charge < -0.3 is 4.74 Å². The molecule has 0 aliphatic carbocycles. The summed E-state index contributed by atoms with van der Waals surface area (Å²) in [6, 6.07) is 30.2. The van der Waals surface area contributed by atoms with Crippen LogP contribution in [0.25, 0.3) is 0 Å². The van der Waals surface area contributed by atoms with Crippen molar-refractivity contribution in [2.75, 3.05) is 7.11 Å². The van der Waals surface area contributed by atoms with Crippen molar-refractivity contribution in [1.29, 1.82) is 0 Å². The molecule has 26 heavy (non-hydrogen) atoms. The Morgan fingerprint density at radius 1 is 0.692 bits per heavy atom.